The number of nitrogens with zero attached hydrogens (tertiary/aromatic N) is 1. The van der Waals surface area contributed by atoms with Crippen molar-refractivity contribution in [1.29, 1.82) is 0 Å². The van der Waals surface area contributed by atoms with Crippen molar-refractivity contribution in [2.75, 3.05) is 20.0 Å². The Morgan fingerprint density at radius 3 is 2.27 bits per heavy atom. The van der Waals surface area contributed by atoms with Crippen LogP contribution in [-0.4, -0.2) is 25.1 Å². The molecule has 0 amide bonds. The van der Waals surface area contributed by atoms with Gasteiger partial charge in [-0.1, -0.05) is 5.16 Å². The number of nitrogen functional groups attached to an aromatic ring is 1. The van der Waals surface area contributed by atoms with Crippen molar-refractivity contribution in [3.8, 4) is 11.5 Å². The van der Waals surface area contributed by atoms with Crippen molar-refractivity contribution in [3.63, 3.8) is 0 Å². The topological polar surface area (TPSA) is 77.1 Å². The summed E-state index contributed by atoms with van der Waals surface area (Å²) in [5, 5.41) is 11.8. The zero-order valence-corrected chi connectivity index (χ0v) is 8.94. The number of ether oxygens (including phenoxy) is 2. The molecule has 1 rings (SSSR count). The molecule has 5 heteroatoms. The van der Waals surface area contributed by atoms with Crippen LogP contribution in [0.1, 0.15) is 12.5 Å². The smallest absolute Gasteiger partial charge is 0.162 e. The van der Waals surface area contributed by atoms with Gasteiger partial charge in [0.1, 0.15) is 0 Å². The van der Waals surface area contributed by atoms with E-state index in [1.165, 1.54) is 14.2 Å². The van der Waals surface area contributed by atoms with Crippen molar-refractivity contribution in [1.82, 2.24) is 0 Å². The second kappa shape index (κ2) is 4.54. The molecule has 15 heavy (non-hydrogen) atoms. The van der Waals surface area contributed by atoms with Gasteiger partial charge >= 0.3 is 0 Å². The maximum absolute atomic E-state index is 8.66. The van der Waals surface area contributed by atoms with Crippen LogP contribution >= 0.6 is 0 Å². The fraction of sp³-hybridized carbons (Fsp3) is 0.300. The molecule has 0 spiro atoms. The summed E-state index contributed by atoms with van der Waals surface area (Å²) in [5.41, 5.74) is 7.29. The van der Waals surface area contributed by atoms with Gasteiger partial charge in [-0.05, 0) is 13.0 Å². The summed E-state index contributed by atoms with van der Waals surface area (Å²) >= 11 is 0. The molecule has 0 aromatic heterocycles. The maximum Gasteiger partial charge on any atom is 0.162 e. The number of rotatable bonds is 3. The second-order valence-electron chi connectivity index (χ2n) is 2.98. The lowest BCUT2D eigenvalue weighted by molar-refractivity contribution is 0.319. The van der Waals surface area contributed by atoms with Gasteiger partial charge in [-0.15, -0.1) is 0 Å². The molecule has 0 aliphatic carbocycles. The van der Waals surface area contributed by atoms with Gasteiger partial charge in [0.05, 0.1) is 19.9 Å². The number of oxime groups is 1. The van der Waals surface area contributed by atoms with Crippen LogP contribution in [0.5, 0.6) is 11.5 Å². The molecule has 0 aliphatic heterocycles. The first-order valence-corrected chi connectivity index (χ1v) is 4.34. The van der Waals surface area contributed by atoms with Crippen molar-refractivity contribution >= 4 is 11.4 Å². The van der Waals surface area contributed by atoms with Crippen LogP contribution in [0.2, 0.25) is 0 Å². The first-order valence-electron chi connectivity index (χ1n) is 4.34. The summed E-state index contributed by atoms with van der Waals surface area (Å²) in [6.07, 6.45) is 0. The van der Waals surface area contributed by atoms with Gasteiger partial charge < -0.3 is 20.4 Å². The predicted molar refractivity (Wildman–Crippen MR) is 58.0 cm³/mol. The van der Waals surface area contributed by atoms with Gasteiger partial charge in [-0.25, -0.2) is 0 Å². The highest BCUT2D eigenvalue weighted by molar-refractivity contribution is 6.03. The predicted octanol–water partition coefficient (Wildman–Crippen LogP) is 1.48. The Morgan fingerprint density at radius 2 is 1.80 bits per heavy atom. The molecule has 0 aliphatic rings. The lowest BCUT2D eigenvalue weighted by Crippen LogP contribution is -2.03. The number of anilines is 1. The average molecular weight is 210 g/mol. The molecule has 3 N–H and O–H groups in total. The Bertz CT molecular complexity index is 388. The molecular formula is C10H14N2O3. The minimum Gasteiger partial charge on any atom is -0.493 e. The van der Waals surface area contributed by atoms with Gasteiger partial charge in [0.2, 0.25) is 0 Å². The van der Waals surface area contributed by atoms with E-state index < -0.39 is 0 Å². The van der Waals surface area contributed by atoms with Gasteiger partial charge in [-0.2, -0.15) is 0 Å². The van der Waals surface area contributed by atoms with Crippen LogP contribution in [0.4, 0.5) is 5.69 Å². The zero-order valence-electron chi connectivity index (χ0n) is 8.94. The van der Waals surface area contributed by atoms with E-state index in [0.717, 1.165) is 0 Å². The van der Waals surface area contributed by atoms with E-state index in [1.54, 1.807) is 19.1 Å². The fourth-order valence-corrected chi connectivity index (χ4v) is 1.26. The summed E-state index contributed by atoms with van der Waals surface area (Å²) in [6.45, 7) is 1.65. The van der Waals surface area contributed by atoms with Gasteiger partial charge in [-0.3, -0.25) is 0 Å². The molecule has 1 aromatic rings. The zero-order chi connectivity index (χ0) is 11.4. The molecule has 0 saturated carbocycles. The molecule has 0 saturated heterocycles. The summed E-state index contributed by atoms with van der Waals surface area (Å²) < 4.78 is 10.2. The summed E-state index contributed by atoms with van der Waals surface area (Å²) in [4.78, 5) is 0. The highest BCUT2D eigenvalue weighted by Gasteiger charge is 2.11. The second-order valence-corrected chi connectivity index (χ2v) is 2.98. The maximum atomic E-state index is 8.66. The lowest BCUT2D eigenvalue weighted by Gasteiger charge is -2.11. The van der Waals surface area contributed by atoms with Crippen LogP contribution in [-0.2, 0) is 0 Å². The van der Waals surface area contributed by atoms with Gasteiger partial charge in [0.15, 0.2) is 11.5 Å². The summed E-state index contributed by atoms with van der Waals surface area (Å²) in [6, 6.07) is 3.30. The molecule has 0 bridgehead atoms. The summed E-state index contributed by atoms with van der Waals surface area (Å²) in [5.74, 6) is 1.09. The molecule has 82 valence electrons. The Morgan fingerprint density at radius 1 is 1.27 bits per heavy atom. The minimum absolute atomic E-state index is 0.424. The van der Waals surface area contributed by atoms with E-state index in [2.05, 4.69) is 5.16 Å². The van der Waals surface area contributed by atoms with E-state index in [1.807, 2.05) is 0 Å². The molecule has 0 unspecified atom stereocenters. The number of nitrogens with two attached hydrogens (primary N) is 1. The third-order valence-corrected chi connectivity index (χ3v) is 2.10. The van der Waals surface area contributed by atoms with E-state index >= 15 is 0 Å². The average Bonchev–Trinajstić information content (AvgIpc) is 2.27. The standard InChI is InChI=1S/C10H14N2O3/c1-6(12-13)7-4-9(14-2)10(15-3)5-8(7)11/h4-5,13H,11H2,1-3H3/b12-6+. The fourth-order valence-electron chi connectivity index (χ4n) is 1.26. The van der Waals surface area contributed by atoms with E-state index in [4.69, 9.17) is 20.4 Å². The molecule has 0 atom stereocenters. The highest BCUT2D eigenvalue weighted by Crippen LogP contribution is 2.32. The molecule has 5 nitrogen and oxygen atoms in total. The summed E-state index contributed by atoms with van der Waals surface area (Å²) in [7, 11) is 3.06. The van der Waals surface area contributed by atoms with Crippen molar-refractivity contribution in [2.24, 2.45) is 5.16 Å². The quantitative estimate of drug-likeness (QED) is 0.343. The van der Waals surface area contributed by atoms with Crippen LogP contribution in [0.25, 0.3) is 0 Å². The van der Waals surface area contributed by atoms with Crippen LogP contribution in [0.3, 0.4) is 0 Å². The molecular weight excluding hydrogens is 196 g/mol. The number of hydrogen-bond acceptors (Lipinski definition) is 5. The Balaban J connectivity index is 3.32. The first-order chi connectivity index (χ1) is 7.13. The molecule has 0 heterocycles. The largest absolute Gasteiger partial charge is 0.493 e. The van der Waals surface area contributed by atoms with Crippen LogP contribution < -0.4 is 15.2 Å². The normalized spacial score (nSPS) is 11.3. The van der Waals surface area contributed by atoms with E-state index in [9.17, 15) is 0 Å². The van der Waals surface area contributed by atoms with Crippen LogP contribution in [0.15, 0.2) is 17.3 Å². The first kappa shape index (κ1) is 11.2. The third kappa shape index (κ3) is 2.12. The Hall–Kier alpha value is -1.91. The number of hydrogen-bond donors (Lipinski definition) is 2. The Kier molecular flexibility index (Phi) is 3.38. The Labute approximate surface area is 88.1 Å². The van der Waals surface area contributed by atoms with Crippen molar-refractivity contribution in [2.45, 2.75) is 6.92 Å². The SMILES string of the molecule is COc1cc(N)c(/C(C)=N/O)cc1OC. The lowest BCUT2D eigenvalue weighted by atomic mass is 10.1. The molecule has 0 fully saturated rings. The van der Waals surface area contributed by atoms with E-state index in [0.29, 0.717) is 28.5 Å². The van der Waals surface area contributed by atoms with Crippen molar-refractivity contribution in [3.05, 3.63) is 17.7 Å². The number of benzene rings is 1. The third-order valence-electron chi connectivity index (χ3n) is 2.10. The minimum atomic E-state index is 0.424. The monoisotopic (exact) mass is 210 g/mol. The molecule has 0 radical (unpaired) electrons. The van der Waals surface area contributed by atoms with E-state index in [-0.39, 0.29) is 0 Å². The highest BCUT2D eigenvalue weighted by atomic mass is 16.5. The van der Waals surface area contributed by atoms with Gasteiger partial charge in [0.25, 0.3) is 0 Å². The molecule has 1 aromatic carbocycles. The number of methoxy groups -OCH3 is 2. The van der Waals surface area contributed by atoms with Crippen LogP contribution in [0, 0.1) is 0 Å². The van der Waals surface area contributed by atoms with Gasteiger partial charge in [0, 0.05) is 17.3 Å². The van der Waals surface area contributed by atoms with Crippen molar-refractivity contribution < 1.29 is 14.7 Å².